The van der Waals surface area contributed by atoms with E-state index < -0.39 is 110 Å². The predicted molar refractivity (Wildman–Crippen MR) is 271 cm³/mol. The fraction of sp³-hybridized carbons (Fsp3) is 0.241. The summed E-state index contributed by atoms with van der Waals surface area (Å²) < 4.78 is 48.9. The Labute approximate surface area is 453 Å². The molecule has 2 heterocycles. The van der Waals surface area contributed by atoms with Crippen LogP contribution in [0.2, 0.25) is 25.1 Å². The number of rotatable bonds is 16. The first kappa shape index (κ1) is 55.1. The van der Waals surface area contributed by atoms with Crippen LogP contribution < -0.4 is 0 Å². The van der Waals surface area contributed by atoms with Gasteiger partial charge in [-0.3, -0.25) is 0 Å². The van der Waals surface area contributed by atoms with Crippen molar-refractivity contribution in [3.05, 3.63) is 210 Å². The maximum Gasteiger partial charge on any atom is 0.338 e. The third kappa shape index (κ3) is 13.8. The summed E-state index contributed by atoms with van der Waals surface area (Å²) in [5.41, 5.74) is 0.292. The number of benzene rings is 6. The molecule has 2 fully saturated rings. The second-order valence-electron chi connectivity index (χ2n) is 17.1. The molecule has 10 atom stereocenters. The standard InChI is InChI=1S/C54H43Cl5O16/c55-35-16-6-30(7-17-35)48(62)68-27-40-42(60)43(61)45(71-50(64)32-10-20-37(57)21-11-32)53(70-40)73-44-41(28-69-49(63)31-8-18-36(56)19-9-31)75-54(67,26-29-4-2-1-3-5-29)47(74-52(66)34-14-24-39(59)25-15-34)46(44)72-51(65)33-12-22-38(58)23-13-33/h1-25,40-47,53,60-61,67H,26-28H2/t40-,41-,42+,43+,44-,45-,46+,47-,53+,54-/m1/s1. The second-order valence-corrected chi connectivity index (χ2v) is 19.3. The first-order chi connectivity index (χ1) is 35.9. The minimum Gasteiger partial charge on any atom is -0.459 e. The number of halogens is 5. The second kappa shape index (κ2) is 24.7. The smallest absolute Gasteiger partial charge is 0.338 e. The van der Waals surface area contributed by atoms with Crippen LogP contribution in [0, 0.1) is 0 Å². The Morgan fingerprint density at radius 2 is 0.827 bits per heavy atom. The van der Waals surface area contributed by atoms with Gasteiger partial charge in [-0.15, -0.1) is 0 Å². The molecule has 75 heavy (non-hydrogen) atoms. The third-order valence-electron chi connectivity index (χ3n) is 11.9. The summed E-state index contributed by atoms with van der Waals surface area (Å²) in [7, 11) is 0. The fourth-order valence-electron chi connectivity index (χ4n) is 8.06. The van der Waals surface area contributed by atoms with Gasteiger partial charge >= 0.3 is 29.8 Å². The SMILES string of the molecule is O=C(OC[C@H]1O[C@@H](O[C@H]2[C@H](OC(=O)c3ccc(Cl)cc3)[C@@H](OC(=O)c3ccc(Cl)cc3)[C@@](O)(Cc3ccccc3)O[C@@H]2COC(=O)c2ccc(Cl)cc2)[C@H](OC(=O)c2ccc(Cl)cc2)[C@@H](O)[C@H]1O)c1ccc(Cl)cc1. The minimum absolute atomic E-state index is 0.0330. The van der Waals surface area contributed by atoms with Crippen molar-refractivity contribution in [2.45, 2.75) is 67.3 Å². The van der Waals surface area contributed by atoms with E-state index in [0.717, 1.165) is 0 Å². The van der Waals surface area contributed by atoms with Gasteiger partial charge in [0.15, 0.2) is 24.6 Å². The Hall–Kier alpha value is -6.12. The fourth-order valence-corrected chi connectivity index (χ4v) is 8.69. The van der Waals surface area contributed by atoms with Crippen LogP contribution in [-0.4, -0.2) is 119 Å². The van der Waals surface area contributed by atoms with Crippen molar-refractivity contribution < 1.29 is 77.2 Å². The molecule has 0 amide bonds. The molecule has 21 heteroatoms. The Morgan fingerprint density at radius 3 is 1.25 bits per heavy atom. The van der Waals surface area contributed by atoms with Crippen LogP contribution in [-0.2, 0) is 44.3 Å². The van der Waals surface area contributed by atoms with Crippen LogP contribution >= 0.6 is 58.0 Å². The zero-order valence-corrected chi connectivity index (χ0v) is 42.6. The van der Waals surface area contributed by atoms with Gasteiger partial charge in [0, 0.05) is 31.5 Å². The van der Waals surface area contributed by atoms with Crippen LogP contribution in [0.3, 0.4) is 0 Å². The van der Waals surface area contributed by atoms with Crippen LogP contribution in [0.4, 0.5) is 0 Å². The average molecular weight is 1130 g/mol. The summed E-state index contributed by atoms with van der Waals surface area (Å²) in [6, 6.07) is 36.1. The molecule has 3 N–H and O–H groups in total. The highest BCUT2D eigenvalue weighted by atomic mass is 35.5. The Bertz CT molecular complexity index is 2950. The Balaban J connectivity index is 1.24. The van der Waals surface area contributed by atoms with Crippen molar-refractivity contribution in [1.82, 2.24) is 0 Å². The van der Waals surface area contributed by atoms with Crippen molar-refractivity contribution in [3.63, 3.8) is 0 Å². The molecular formula is C54H43Cl5O16. The monoisotopic (exact) mass is 1120 g/mol. The number of ether oxygens (including phenoxy) is 8. The summed E-state index contributed by atoms with van der Waals surface area (Å²) in [5, 5.41) is 37.9. The van der Waals surface area contributed by atoms with E-state index in [1.54, 1.807) is 30.3 Å². The van der Waals surface area contributed by atoms with Crippen molar-refractivity contribution in [1.29, 1.82) is 0 Å². The molecule has 16 nitrogen and oxygen atoms in total. The number of esters is 5. The molecule has 0 spiro atoms. The van der Waals surface area contributed by atoms with Gasteiger partial charge in [0.1, 0.15) is 43.7 Å². The largest absolute Gasteiger partial charge is 0.459 e. The summed E-state index contributed by atoms with van der Waals surface area (Å²) in [4.78, 5) is 69.5. The van der Waals surface area contributed by atoms with Gasteiger partial charge in [-0.2, -0.15) is 0 Å². The van der Waals surface area contributed by atoms with Crippen molar-refractivity contribution in [3.8, 4) is 0 Å². The van der Waals surface area contributed by atoms with Gasteiger partial charge in [0.2, 0.25) is 5.79 Å². The van der Waals surface area contributed by atoms with Gasteiger partial charge in [0.05, 0.1) is 27.8 Å². The number of aliphatic hydroxyl groups is 3. The summed E-state index contributed by atoms with van der Waals surface area (Å²) in [6.45, 7) is -1.56. The van der Waals surface area contributed by atoms with Crippen molar-refractivity contribution in [2.75, 3.05) is 13.2 Å². The molecule has 0 radical (unpaired) electrons. The van der Waals surface area contributed by atoms with E-state index in [4.69, 9.17) is 95.9 Å². The molecule has 2 aliphatic heterocycles. The van der Waals surface area contributed by atoms with Crippen molar-refractivity contribution >= 4 is 87.9 Å². The summed E-state index contributed by atoms with van der Waals surface area (Å²) in [5.74, 6) is -7.72. The minimum atomic E-state index is -2.69. The van der Waals surface area contributed by atoms with E-state index in [0.29, 0.717) is 15.6 Å². The summed E-state index contributed by atoms with van der Waals surface area (Å²) >= 11 is 30.5. The zero-order chi connectivity index (χ0) is 53.4. The molecule has 8 rings (SSSR count). The maximum absolute atomic E-state index is 14.4. The predicted octanol–water partition coefficient (Wildman–Crippen LogP) is 8.81. The molecule has 0 bridgehead atoms. The molecule has 390 valence electrons. The maximum atomic E-state index is 14.4. The lowest BCUT2D eigenvalue weighted by atomic mass is 9.87. The van der Waals surface area contributed by atoms with Crippen LogP contribution in [0.15, 0.2) is 152 Å². The lowest BCUT2D eigenvalue weighted by Gasteiger charge is -2.51. The van der Waals surface area contributed by atoms with Crippen LogP contribution in [0.25, 0.3) is 0 Å². The summed E-state index contributed by atoms with van der Waals surface area (Å²) in [6.07, 6.45) is -18.0. The molecule has 6 aromatic rings. The van der Waals surface area contributed by atoms with Gasteiger partial charge in [-0.05, 0) is 127 Å². The molecule has 0 aliphatic carbocycles. The van der Waals surface area contributed by atoms with Gasteiger partial charge in [0.25, 0.3) is 0 Å². The normalized spacial score (nSPS) is 24.3. The average Bonchev–Trinajstić information content (AvgIpc) is 3.40. The molecule has 2 aliphatic rings. The number of carbonyl (C=O) groups excluding carboxylic acids is 5. The number of hydrogen-bond acceptors (Lipinski definition) is 16. The lowest BCUT2D eigenvalue weighted by molar-refractivity contribution is -0.380. The van der Waals surface area contributed by atoms with E-state index in [2.05, 4.69) is 0 Å². The van der Waals surface area contributed by atoms with Gasteiger partial charge < -0.3 is 53.2 Å². The van der Waals surface area contributed by atoms with E-state index in [9.17, 15) is 39.3 Å². The van der Waals surface area contributed by atoms with Gasteiger partial charge in [-0.25, -0.2) is 24.0 Å². The van der Waals surface area contributed by atoms with E-state index in [-0.39, 0.29) is 42.9 Å². The molecule has 6 aromatic carbocycles. The zero-order valence-electron chi connectivity index (χ0n) is 38.8. The van der Waals surface area contributed by atoms with E-state index >= 15 is 0 Å². The number of aliphatic hydroxyl groups excluding tert-OH is 2. The highest BCUT2D eigenvalue weighted by Crippen LogP contribution is 2.40. The molecule has 2 saturated heterocycles. The number of hydrogen-bond donors (Lipinski definition) is 3. The first-order valence-electron chi connectivity index (χ1n) is 22.8. The molecule has 0 aromatic heterocycles. The topological polar surface area (TPSA) is 220 Å². The highest BCUT2D eigenvalue weighted by molar-refractivity contribution is 6.32. The van der Waals surface area contributed by atoms with E-state index in [1.807, 2.05) is 0 Å². The molecule has 0 saturated carbocycles. The third-order valence-corrected chi connectivity index (χ3v) is 13.2. The van der Waals surface area contributed by atoms with Gasteiger partial charge in [-0.1, -0.05) is 88.3 Å². The Morgan fingerprint density at radius 1 is 0.453 bits per heavy atom. The lowest BCUT2D eigenvalue weighted by Crippen LogP contribution is -2.70. The van der Waals surface area contributed by atoms with Crippen LogP contribution in [0.1, 0.15) is 57.4 Å². The molecular weight excluding hydrogens is 1080 g/mol. The number of carbonyl (C=O) groups is 5. The molecule has 0 unspecified atom stereocenters. The van der Waals surface area contributed by atoms with Crippen LogP contribution in [0.5, 0.6) is 0 Å². The van der Waals surface area contributed by atoms with E-state index in [1.165, 1.54) is 121 Å². The quantitative estimate of drug-likeness (QED) is 0.0609. The Kier molecular flexibility index (Phi) is 18.2. The first-order valence-corrected chi connectivity index (χ1v) is 24.7. The highest BCUT2D eigenvalue weighted by Gasteiger charge is 2.61. The van der Waals surface area contributed by atoms with Crippen molar-refractivity contribution in [2.24, 2.45) is 0 Å².